The van der Waals surface area contributed by atoms with Gasteiger partial charge in [0.25, 0.3) is 0 Å². The molecule has 1 saturated heterocycles. The Morgan fingerprint density at radius 3 is 2.12 bits per heavy atom. The van der Waals surface area contributed by atoms with Gasteiger partial charge in [0.05, 0.1) is 24.1 Å². The summed E-state index contributed by atoms with van der Waals surface area (Å²) >= 11 is 0. The summed E-state index contributed by atoms with van der Waals surface area (Å²) in [4.78, 5) is 17.3. The monoisotopic (exact) mass is 460 g/mol. The minimum atomic E-state index is -3.83. The van der Waals surface area contributed by atoms with Crippen LogP contribution in [-0.2, 0) is 14.8 Å². The quantitative estimate of drug-likeness (QED) is 0.626. The second-order valence-corrected chi connectivity index (χ2v) is 9.84. The molecule has 0 spiro atoms. The maximum atomic E-state index is 12.6. The van der Waals surface area contributed by atoms with Crippen LogP contribution >= 0.6 is 0 Å². The summed E-state index contributed by atoms with van der Waals surface area (Å²) in [6.07, 6.45) is 0. The van der Waals surface area contributed by atoms with Gasteiger partial charge in [-0.05, 0) is 62.9 Å². The van der Waals surface area contributed by atoms with Gasteiger partial charge in [-0.3, -0.25) is 4.79 Å². The summed E-state index contributed by atoms with van der Waals surface area (Å²) in [7, 11) is -0.190. The Labute approximate surface area is 190 Å². The van der Waals surface area contributed by atoms with Gasteiger partial charge in [0.2, 0.25) is 15.9 Å². The Balaban J connectivity index is 1.57. The predicted molar refractivity (Wildman–Crippen MR) is 125 cm³/mol. The van der Waals surface area contributed by atoms with Crippen molar-refractivity contribution in [3.63, 3.8) is 0 Å². The minimum Gasteiger partial charge on any atom is -0.497 e. The molecule has 1 heterocycles. The number of anilines is 1. The standard InChI is InChI=1S/C23H32N4O4S/c1-17(19-5-7-20(8-6-19)27-15-13-26(3)14-16-27)24-23(28)18(2)25-32(29,30)22-11-9-21(31-4)10-12-22/h5-12,17-18,25H,13-16H2,1-4H3,(H,24,28)/t17-,18+/m1/s1. The molecule has 2 N–H and O–H groups in total. The molecule has 0 bridgehead atoms. The molecule has 0 radical (unpaired) electrons. The van der Waals surface area contributed by atoms with E-state index in [1.807, 2.05) is 19.1 Å². The molecule has 1 fully saturated rings. The molecule has 1 amide bonds. The van der Waals surface area contributed by atoms with Gasteiger partial charge >= 0.3 is 0 Å². The van der Waals surface area contributed by atoms with Crippen molar-refractivity contribution in [2.45, 2.75) is 30.8 Å². The van der Waals surface area contributed by atoms with Crippen molar-refractivity contribution in [3.05, 3.63) is 54.1 Å². The van der Waals surface area contributed by atoms with Gasteiger partial charge in [-0.1, -0.05) is 12.1 Å². The lowest BCUT2D eigenvalue weighted by Crippen LogP contribution is -2.45. The maximum Gasteiger partial charge on any atom is 0.241 e. The second kappa shape index (κ2) is 10.3. The van der Waals surface area contributed by atoms with E-state index in [4.69, 9.17) is 4.74 Å². The van der Waals surface area contributed by atoms with Crippen LogP contribution in [0.15, 0.2) is 53.4 Å². The van der Waals surface area contributed by atoms with Crippen molar-refractivity contribution >= 4 is 21.6 Å². The number of benzene rings is 2. The van der Waals surface area contributed by atoms with Gasteiger partial charge in [-0.15, -0.1) is 0 Å². The fraction of sp³-hybridized carbons (Fsp3) is 0.435. The first-order valence-electron chi connectivity index (χ1n) is 10.7. The van der Waals surface area contributed by atoms with Crippen LogP contribution < -0.4 is 19.7 Å². The van der Waals surface area contributed by atoms with Crippen LogP contribution in [0.1, 0.15) is 25.5 Å². The zero-order chi connectivity index (χ0) is 23.3. The number of carbonyl (C=O) groups is 1. The summed E-state index contributed by atoms with van der Waals surface area (Å²) in [5.74, 6) is 0.167. The van der Waals surface area contributed by atoms with Gasteiger partial charge < -0.3 is 19.9 Å². The normalized spacial score (nSPS) is 16.9. The van der Waals surface area contributed by atoms with Crippen LogP contribution in [0.25, 0.3) is 0 Å². The molecule has 32 heavy (non-hydrogen) atoms. The Morgan fingerprint density at radius 2 is 1.56 bits per heavy atom. The van der Waals surface area contributed by atoms with E-state index in [9.17, 15) is 13.2 Å². The van der Waals surface area contributed by atoms with Crippen LogP contribution in [0.3, 0.4) is 0 Å². The van der Waals surface area contributed by atoms with Gasteiger partial charge in [0.15, 0.2) is 0 Å². The lowest BCUT2D eigenvalue weighted by molar-refractivity contribution is -0.123. The Bertz CT molecular complexity index is 1000. The number of hydrogen-bond acceptors (Lipinski definition) is 6. The summed E-state index contributed by atoms with van der Waals surface area (Å²) in [5.41, 5.74) is 2.13. The van der Waals surface area contributed by atoms with Crippen molar-refractivity contribution in [2.24, 2.45) is 0 Å². The molecule has 2 atom stereocenters. The van der Waals surface area contributed by atoms with E-state index in [2.05, 4.69) is 39.0 Å². The topological polar surface area (TPSA) is 91.0 Å². The molecular weight excluding hydrogens is 428 g/mol. The number of sulfonamides is 1. The second-order valence-electron chi connectivity index (χ2n) is 8.13. The number of nitrogens with zero attached hydrogens (tertiary/aromatic N) is 2. The van der Waals surface area contributed by atoms with E-state index in [0.29, 0.717) is 5.75 Å². The predicted octanol–water partition coefficient (Wildman–Crippen LogP) is 1.99. The number of carbonyl (C=O) groups excluding carboxylic acids is 1. The SMILES string of the molecule is COc1ccc(S(=O)(=O)N[C@@H](C)C(=O)N[C@H](C)c2ccc(N3CCN(C)CC3)cc2)cc1. The van der Waals surface area contributed by atoms with Crippen molar-refractivity contribution in [3.8, 4) is 5.75 Å². The van der Waals surface area contributed by atoms with E-state index in [1.54, 1.807) is 12.1 Å². The maximum absolute atomic E-state index is 12.6. The van der Waals surface area contributed by atoms with Gasteiger partial charge in [-0.2, -0.15) is 4.72 Å². The number of piperazine rings is 1. The first kappa shape index (κ1) is 24.0. The van der Waals surface area contributed by atoms with E-state index < -0.39 is 22.0 Å². The molecule has 1 aliphatic heterocycles. The lowest BCUT2D eigenvalue weighted by Gasteiger charge is -2.34. The van der Waals surface area contributed by atoms with Crippen LogP contribution in [0.2, 0.25) is 0 Å². The van der Waals surface area contributed by atoms with Crippen LogP contribution in [0.4, 0.5) is 5.69 Å². The van der Waals surface area contributed by atoms with Crippen LogP contribution in [0, 0.1) is 0 Å². The first-order chi connectivity index (χ1) is 15.2. The lowest BCUT2D eigenvalue weighted by atomic mass is 10.1. The Kier molecular flexibility index (Phi) is 7.76. The van der Waals surface area contributed by atoms with Crippen LogP contribution in [-0.4, -0.2) is 65.6 Å². The van der Waals surface area contributed by atoms with Crippen molar-refractivity contribution in [2.75, 3.05) is 45.2 Å². The highest BCUT2D eigenvalue weighted by atomic mass is 32.2. The molecule has 8 nitrogen and oxygen atoms in total. The average Bonchev–Trinajstić information content (AvgIpc) is 2.79. The fourth-order valence-corrected chi connectivity index (χ4v) is 4.77. The molecule has 2 aromatic carbocycles. The minimum absolute atomic E-state index is 0.0745. The number of methoxy groups -OCH3 is 1. The molecule has 0 aromatic heterocycles. The van der Waals surface area contributed by atoms with E-state index in [0.717, 1.165) is 31.7 Å². The van der Waals surface area contributed by atoms with E-state index in [-0.39, 0.29) is 10.9 Å². The fourth-order valence-electron chi connectivity index (χ4n) is 3.57. The number of rotatable bonds is 8. The van der Waals surface area contributed by atoms with Gasteiger partial charge in [0, 0.05) is 31.9 Å². The van der Waals surface area contributed by atoms with Crippen molar-refractivity contribution in [1.82, 2.24) is 14.9 Å². The molecule has 1 aliphatic rings. The smallest absolute Gasteiger partial charge is 0.241 e. The van der Waals surface area contributed by atoms with Gasteiger partial charge in [0.1, 0.15) is 5.75 Å². The average molecular weight is 461 g/mol. The number of amides is 1. The number of nitrogens with one attached hydrogen (secondary N) is 2. The molecule has 9 heteroatoms. The van der Waals surface area contributed by atoms with Crippen molar-refractivity contribution in [1.29, 1.82) is 0 Å². The molecule has 3 rings (SSSR count). The van der Waals surface area contributed by atoms with Crippen LogP contribution in [0.5, 0.6) is 5.75 Å². The molecule has 174 valence electrons. The van der Waals surface area contributed by atoms with Gasteiger partial charge in [-0.25, -0.2) is 8.42 Å². The Morgan fingerprint density at radius 1 is 0.969 bits per heavy atom. The van der Waals surface area contributed by atoms with E-state index in [1.165, 1.54) is 31.9 Å². The summed E-state index contributed by atoms with van der Waals surface area (Å²) in [6.45, 7) is 7.48. The highest BCUT2D eigenvalue weighted by Crippen LogP contribution is 2.21. The summed E-state index contributed by atoms with van der Waals surface area (Å²) in [6, 6.07) is 13.0. The molecular formula is C23H32N4O4S. The number of likely N-dealkylation sites (N-methyl/N-ethyl adjacent to an activating group) is 1. The molecule has 2 aromatic rings. The Hall–Kier alpha value is -2.62. The molecule has 0 aliphatic carbocycles. The molecule has 0 unspecified atom stereocenters. The third-order valence-corrected chi connectivity index (χ3v) is 7.27. The first-order valence-corrected chi connectivity index (χ1v) is 12.2. The highest BCUT2D eigenvalue weighted by molar-refractivity contribution is 7.89. The number of ether oxygens (including phenoxy) is 1. The summed E-state index contributed by atoms with van der Waals surface area (Å²) < 4.78 is 32.6. The molecule has 0 saturated carbocycles. The number of hydrogen-bond donors (Lipinski definition) is 2. The zero-order valence-corrected chi connectivity index (χ0v) is 19.9. The third kappa shape index (κ3) is 5.99. The van der Waals surface area contributed by atoms with Crippen molar-refractivity contribution < 1.29 is 17.9 Å². The zero-order valence-electron chi connectivity index (χ0n) is 19.0. The summed E-state index contributed by atoms with van der Waals surface area (Å²) in [5, 5.41) is 2.89. The third-order valence-electron chi connectivity index (χ3n) is 5.72. The highest BCUT2D eigenvalue weighted by Gasteiger charge is 2.23. The largest absolute Gasteiger partial charge is 0.497 e. The van der Waals surface area contributed by atoms with E-state index >= 15 is 0 Å².